The molecule has 3 heterocycles. The molecule has 1 aliphatic rings. The number of hydrogen-bond acceptors (Lipinski definition) is 7. The van der Waals surface area contributed by atoms with Crippen LogP contribution in [0.4, 0.5) is 11.4 Å². The Hall–Kier alpha value is -3.26. The topological polar surface area (TPSA) is 87.4 Å². The van der Waals surface area contributed by atoms with Crippen LogP contribution in [0.25, 0.3) is 11.6 Å². The van der Waals surface area contributed by atoms with Gasteiger partial charge in [0.1, 0.15) is 5.69 Å². The molecule has 3 aromatic rings. The lowest BCUT2D eigenvalue weighted by molar-refractivity contribution is -0.116. The van der Waals surface area contributed by atoms with Gasteiger partial charge < -0.3 is 19.5 Å². The van der Waals surface area contributed by atoms with Gasteiger partial charge in [-0.15, -0.1) is 10.2 Å². The van der Waals surface area contributed by atoms with Crippen molar-refractivity contribution in [3.05, 3.63) is 54.6 Å². The number of nitrogens with one attached hydrogen (secondary N) is 1. The summed E-state index contributed by atoms with van der Waals surface area (Å²) in [6.07, 6.45) is 2.32. The summed E-state index contributed by atoms with van der Waals surface area (Å²) in [6, 6.07) is 13.5. The number of anilines is 2. The minimum absolute atomic E-state index is 0.0880. The molecule has 1 fully saturated rings. The Morgan fingerprint density at radius 2 is 1.86 bits per heavy atom. The first-order valence-electron chi connectivity index (χ1n) is 9.74. The molecule has 150 valence electrons. The van der Waals surface area contributed by atoms with Crippen LogP contribution in [0.2, 0.25) is 0 Å². The van der Waals surface area contributed by atoms with Crippen molar-refractivity contribution in [1.29, 1.82) is 0 Å². The van der Waals surface area contributed by atoms with Crippen LogP contribution in [-0.2, 0) is 11.2 Å². The summed E-state index contributed by atoms with van der Waals surface area (Å²) in [5.74, 6) is 0.696. The van der Waals surface area contributed by atoms with E-state index in [1.54, 1.807) is 12.3 Å². The van der Waals surface area contributed by atoms with Crippen molar-refractivity contribution in [3.63, 3.8) is 0 Å². The second-order valence-electron chi connectivity index (χ2n) is 7.10. The van der Waals surface area contributed by atoms with E-state index in [0.29, 0.717) is 23.9 Å². The molecule has 0 saturated carbocycles. The predicted molar refractivity (Wildman–Crippen MR) is 111 cm³/mol. The van der Waals surface area contributed by atoms with Crippen LogP contribution in [0.1, 0.15) is 12.3 Å². The SMILES string of the molecule is CN1CCN(c2ccc(NC(=O)CCc3nnc(-c4ccccn4)o3)cc2)CC1. The molecule has 1 aliphatic heterocycles. The van der Waals surface area contributed by atoms with Crippen LogP contribution >= 0.6 is 0 Å². The van der Waals surface area contributed by atoms with E-state index in [1.807, 2.05) is 24.3 Å². The maximum atomic E-state index is 12.3. The highest BCUT2D eigenvalue weighted by Gasteiger charge is 2.14. The number of rotatable bonds is 6. The van der Waals surface area contributed by atoms with Gasteiger partial charge in [0, 0.05) is 56.6 Å². The van der Waals surface area contributed by atoms with Gasteiger partial charge in [-0.05, 0) is 43.4 Å². The summed E-state index contributed by atoms with van der Waals surface area (Å²) in [5.41, 5.74) is 2.59. The monoisotopic (exact) mass is 392 g/mol. The minimum atomic E-state index is -0.0880. The predicted octanol–water partition coefficient (Wildman–Crippen LogP) is 2.45. The maximum absolute atomic E-state index is 12.3. The normalized spacial score (nSPS) is 14.7. The molecule has 0 aliphatic carbocycles. The Kier molecular flexibility index (Phi) is 5.81. The molecule has 29 heavy (non-hydrogen) atoms. The summed E-state index contributed by atoms with van der Waals surface area (Å²) in [4.78, 5) is 21.1. The summed E-state index contributed by atoms with van der Waals surface area (Å²) in [7, 11) is 2.14. The number of benzene rings is 1. The number of pyridine rings is 1. The van der Waals surface area contributed by atoms with Gasteiger partial charge in [-0.3, -0.25) is 9.78 Å². The molecule has 0 spiro atoms. The average molecular weight is 392 g/mol. The van der Waals surface area contributed by atoms with Crippen molar-refractivity contribution in [2.45, 2.75) is 12.8 Å². The fourth-order valence-corrected chi connectivity index (χ4v) is 3.21. The molecule has 0 bridgehead atoms. The summed E-state index contributed by atoms with van der Waals surface area (Å²) in [5, 5.41) is 10.9. The van der Waals surface area contributed by atoms with E-state index in [4.69, 9.17) is 4.42 Å². The lowest BCUT2D eigenvalue weighted by atomic mass is 10.2. The minimum Gasteiger partial charge on any atom is -0.419 e. The van der Waals surface area contributed by atoms with Gasteiger partial charge in [0.2, 0.25) is 11.8 Å². The third kappa shape index (κ3) is 4.97. The molecular formula is C21H24N6O2. The highest BCUT2D eigenvalue weighted by atomic mass is 16.4. The summed E-state index contributed by atoms with van der Waals surface area (Å²) in [6.45, 7) is 4.17. The number of carbonyl (C=O) groups is 1. The number of carbonyl (C=O) groups excluding carboxylic acids is 1. The molecule has 0 radical (unpaired) electrons. The van der Waals surface area contributed by atoms with Gasteiger partial charge in [-0.1, -0.05) is 6.07 Å². The lowest BCUT2D eigenvalue weighted by Crippen LogP contribution is -2.44. The molecule has 1 saturated heterocycles. The lowest BCUT2D eigenvalue weighted by Gasteiger charge is -2.34. The Bertz CT molecular complexity index is 933. The second kappa shape index (κ2) is 8.83. The number of nitrogens with zero attached hydrogens (tertiary/aromatic N) is 5. The number of aryl methyl sites for hydroxylation is 1. The Morgan fingerprint density at radius 1 is 1.07 bits per heavy atom. The number of hydrogen-bond donors (Lipinski definition) is 1. The average Bonchev–Trinajstić information content (AvgIpc) is 3.23. The molecule has 8 nitrogen and oxygen atoms in total. The third-order valence-corrected chi connectivity index (χ3v) is 4.94. The molecule has 1 N–H and O–H groups in total. The van der Waals surface area contributed by atoms with Gasteiger partial charge >= 0.3 is 0 Å². The van der Waals surface area contributed by atoms with Gasteiger partial charge in [-0.25, -0.2) is 0 Å². The molecule has 4 rings (SSSR count). The van der Waals surface area contributed by atoms with E-state index in [-0.39, 0.29) is 12.3 Å². The van der Waals surface area contributed by atoms with Gasteiger partial charge in [0.15, 0.2) is 0 Å². The quantitative estimate of drug-likeness (QED) is 0.689. The van der Waals surface area contributed by atoms with Crippen molar-refractivity contribution in [2.24, 2.45) is 0 Å². The molecule has 8 heteroatoms. The van der Waals surface area contributed by atoms with Crippen LogP contribution < -0.4 is 10.2 Å². The van der Waals surface area contributed by atoms with E-state index in [0.717, 1.165) is 31.9 Å². The first-order chi connectivity index (χ1) is 14.2. The highest BCUT2D eigenvalue weighted by molar-refractivity contribution is 5.90. The fourth-order valence-electron chi connectivity index (χ4n) is 3.21. The molecular weight excluding hydrogens is 368 g/mol. The van der Waals surface area contributed by atoms with E-state index in [1.165, 1.54) is 5.69 Å². The van der Waals surface area contributed by atoms with Crippen LogP contribution in [0.5, 0.6) is 0 Å². The Morgan fingerprint density at radius 3 is 2.59 bits per heavy atom. The molecule has 0 unspecified atom stereocenters. The standard InChI is InChI=1S/C21H24N6O2/c1-26-12-14-27(15-13-26)17-7-5-16(6-8-17)23-19(28)9-10-20-24-25-21(29-20)18-4-2-3-11-22-18/h2-8,11H,9-10,12-15H2,1H3,(H,23,28). The van der Waals surface area contributed by atoms with Crippen LogP contribution in [0.3, 0.4) is 0 Å². The number of likely N-dealkylation sites (N-methyl/N-ethyl adjacent to an activating group) is 1. The number of amides is 1. The maximum Gasteiger partial charge on any atom is 0.266 e. The highest BCUT2D eigenvalue weighted by Crippen LogP contribution is 2.20. The summed E-state index contributed by atoms with van der Waals surface area (Å²) >= 11 is 0. The largest absolute Gasteiger partial charge is 0.419 e. The zero-order chi connectivity index (χ0) is 20.1. The zero-order valence-corrected chi connectivity index (χ0v) is 16.4. The molecule has 2 aromatic heterocycles. The van der Waals surface area contributed by atoms with Crippen molar-refractivity contribution in [3.8, 4) is 11.6 Å². The Labute approximate surface area is 169 Å². The van der Waals surface area contributed by atoms with Crippen molar-refractivity contribution in [2.75, 3.05) is 43.4 Å². The van der Waals surface area contributed by atoms with E-state index >= 15 is 0 Å². The number of aromatic nitrogens is 3. The molecule has 1 amide bonds. The second-order valence-corrected chi connectivity index (χ2v) is 7.10. The third-order valence-electron chi connectivity index (χ3n) is 4.94. The van der Waals surface area contributed by atoms with Gasteiger partial charge in [-0.2, -0.15) is 0 Å². The summed E-state index contributed by atoms with van der Waals surface area (Å²) < 4.78 is 5.59. The van der Waals surface area contributed by atoms with E-state index in [9.17, 15) is 4.79 Å². The number of piperazine rings is 1. The first kappa shape index (κ1) is 19.1. The van der Waals surface area contributed by atoms with Crippen LogP contribution in [0.15, 0.2) is 53.1 Å². The van der Waals surface area contributed by atoms with Crippen LogP contribution in [-0.4, -0.2) is 59.2 Å². The van der Waals surface area contributed by atoms with Gasteiger partial charge in [0.25, 0.3) is 5.89 Å². The molecule has 1 aromatic carbocycles. The van der Waals surface area contributed by atoms with Crippen molar-refractivity contribution in [1.82, 2.24) is 20.1 Å². The van der Waals surface area contributed by atoms with Crippen LogP contribution in [0, 0.1) is 0 Å². The zero-order valence-electron chi connectivity index (χ0n) is 16.4. The fraction of sp³-hybridized carbons (Fsp3) is 0.333. The first-order valence-corrected chi connectivity index (χ1v) is 9.74. The van der Waals surface area contributed by atoms with E-state index in [2.05, 4.69) is 49.5 Å². The van der Waals surface area contributed by atoms with Crippen molar-refractivity contribution >= 4 is 17.3 Å². The van der Waals surface area contributed by atoms with Gasteiger partial charge in [0.05, 0.1) is 0 Å². The smallest absolute Gasteiger partial charge is 0.266 e. The molecule has 0 atom stereocenters. The van der Waals surface area contributed by atoms with Crippen molar-refractivity contribution < 1.29 is 9.21 Å². The van der Waals surface area contributed by atoms with E-state index < -0.39 is 0 Å². The Balaban J connectivity index is 1.27.